The van der Waals surface area contributed by atoms with Crippen LogP contribution in [0.3, 0.4) is 0 Å². The molecule has 0 spiro atoms. The van der Waals surface area contributed by atoms with E-state index in [2.05, 4.69) is 25.4 Å². The van der Waals surface area contributed by atoms with Crippen molar-refractivity contribution in [3.05, 3.63) is 51.7 Å². The molecule has 8 nitrogen and oxygen atoms in total. The Morgan fingerprint density at radius 1 is 1.17 bits per heavy atom. The molecule has 2 aliphatic rings. The maximum Gasteiger partial charge on any atom is 0.267 e. The first-order valence-corrected chi connectivity index (χ1v) is 11.1. The van der Waals surface area contributed by atoms with E-state index in [1.165, 1.54) is 12.8 Å². The van der Waals surface area contributed by atoms with Crippen LogP contribution in [0.1, 0.15) is 42.6 Å². The maximum absolute atomic E-state index is 12.4. The highest BCUT2D eigenvalue weighted by Crippen LogP contribution is 2.20. The van der Waals surface area contributed by atoms with E-state index in [4.69, 9.17) is 0 Å². The number of fused-ring (bicyclic) bond motifs is 2. The predicted molar refractivity (Wildman–Crippen MR) is 116 cm³/mol. The van der Waals surface area contributed by atoms with E-state index in [9.17, 15) is 4.79 Å². The largest absolute Gasteiger partial charge is 0.368 e. The molecule has 0 radical (unpaired) electrons. The van der Waals surface area contributed by atoms with Crippen LogP contribution < -0.4 is 10.9 Å². The smallest absolute Gasteiger partial charge is 0.267 e. The first-order chi connectivity index (χ1) is 14.7. The molecule has 1 fully saturated rings. The fraction of sp³-hybridized carbons (Fsp3) is 0.545. The number of hydrogen-bond acceptors (Lipinski definition) is 6. The summed E-state index contributed by atoms with van der Waals surface area (Å²) in [5.41, 5.74) is 4.14. The molecule has 4 heterocycles. The zero-order chi connectivity index (χ0) is 20.5. The van der Waals surface area contributed by atoms with Crippen LogP contribution in [0.4, 0.5) is 5.82 Å². The van der Waals surface area contributed by atoms with Crippen LogP contribution in [-0.2, 0) is 19.4 Å². The lowest BCUT2D eigenvalue weighted by Gasteiger charge is -2.36. The highest BCUT2D eigenvalue weighted by Gasteiger charge is 2.23. The molecule has 1 aliphatic heterocycles. The minimum absolute atomic E-state index is 0.0377. The van der Waals surface area contributed by atoms with Crippen LogP contribution in [0, 0.1) is 6.92 Å². The molecule has 30 heavy (non-hydrogen) atoms. The van der Waals surface area contributed by atoms with Crippen molar-refractivity contribution < 1.29 is 0 Å². The van der Waals surface area contributed by atoms with Crippen molar-refractivity contribution in [2.45, 2.75) is 58.0 Å². The van der Waals surface area contributed by atoms with Gasteiger partial charge in [0.25, 0.3) is 5.56 Å². The van der Waals surface area contributed by atoms with Crippen molar-refractivity contribution in [1.29, 1.82) is 0 Å². The molecule has 1 aliphatic carbocycles. The molecule has 0 saturated carbocycles. The Balaban J connectivity index is 1.26. The zero-order valence-electron chi connectivity index (χ0n) is 17.5. The Hall–Kier alpha value is -2.74. The van der Waals surface area contributed by atoms with E-state index in [-0.39, 0.29) is 5.56 Å². The number of nitrogens with one attached hydrogen (secondary N) is 1. The van der Waals surface area contributed by atoms with Gasteiger partial charge in [0.1, 0.15) is 5.82 Å². The van der Waals surface area contributed by atoms with E-state index in [0.29, 0.717) is 12.6 Å². The molecule has 1 atom stereocenters. The Morgan fingerprint density at radius 2 is 2.10 bits per heavy atom. The SMILES string of the molecule is Cc1cc(NCC2CCCCN2CCn2nc3c(cc2=O)CCC3)n2nccc2n1. The molecule has 1 saturated heterocycles. The normalized spacial score (nSPS) is 19.3. The topological polar surface area (TPSA) is 80.4 Å². The summed E-state index contributed by atoms with van der Waals surface area (Å²) in [6.07, 6.45) is 8.50. The van der Waals surface area contributed by atoms with Crippen LogP contribution in [0.5, 0.6) is 0 Å². The molecule has 5 rings (SSSR count). The summed E-state index contributed by atoms with van der Waals surface area (Å²) in [5, 5.41) is 12.6. The molecule has 3 aromatic rings. The summed E-state index contributed by atoms with van der Waals surface area (Å²) in [4.78, 5) is 19.4. The van der Waals surface area contributed by atoms with Crippen LogP contribution in [0.15, 0.2) is 29.2 Å². The van der Waals surface area contributed by atoms with Gasteiger partial charge in [-0.3, -0.25) is 9.69 Å². The first-order valence-electron chi connectivity index (χ1n) is 11.1. The lowest BCUT2D eigenvalue weighted by Crippen LogP contribution is -2.45. The van der Waals surface area contributed by atoms with E-state index >= 15 is 0 Å². The average molecular weight is 408 g/mol. The number of aromatic nitrogens is 5. The minimum atomic E-state index is 0.0377. The van der Waals surface area contributed by atoms with Crippen LogP contribution in [0.2, 0.25) is 0 Å². The van der Waals surface area contributed by atoms with Gasteiger partial charge in [0, 0.05) is 43.0 Å². The average Bonchev–Trinajstić information content (AvgIpc) is 3.39. The molecular weight excluding hydrogens is 378 g/mol. The molecule has 0 bridgehead atoms. The number of rotatable bonds is 6. The molecule has 0 aromatic carbocycles. The third-order valence-corrected chi connectivity index (χ3v) is 6.38. The van der Waals surface area contributed by atoms with Gasteiger partial charge in [0.2, 0.25) is 0 Å². The minimum Gasteiger partial charge on any atom is -0.368 e. The van der Waals surface area contributed by atoms with Crippen molar-refractivity contribution in [3.8, 4) is 0 Å². The lowest BCUT2D eigenvalue weighted by molar-refractivity contribution is 0.147. The van der Waals surface area contributed by atoms with Gasteiger partial charge < -0.3 is 5.32 Å². The number of anilines is 1. The third-order valence-electron chi connectivity index (χ3n) is 6.38. The van der Waals surface area contributed by atoms with Gasteiger partial charge in [-0.15, -0.1) is 0 Å². The number of nitrogens with zero attached hydrogens (tertiary/aromatic N) is 6. The second kappa shape index (κ2) is 8.18. The summed E-state index contributed by atoms with van der Waals surface area (Å²) in [6, 6.07) is 6.20. The summed E-state index contributed by atoms with van der Waals surface area (Å²) in [7, 11) is 0. The van der Waals surface area contributed by atoms with Crippen molar-refractivity contribution in [2.75, 3.05) is 25.0 Å². The summed E-state index contributed by atoms with van der Waals surface area (Å²) >= 11 is 0. The summed E-state index contributed by atoms with van der Waals surface area (Å²) in [5.74, 6) is 0.976. The van der Waals surface area contributed by atoms with Crippen molar-refractivity contribution in [3.63, 3.8) is 0 Å². The van der Waals surface area contributed by atoms with Gasteiger partial charge >= 0.3 is 0 Å². The highest BCUT2D eigenvalue weighted by atomic mass is 16.1. The van der Waals surface area contributed by atoms with Crippen molar-refractivity contribution >= 4 is 11.5 Å². The molecule has 8 heteroatoms. The molecule has 1 N–H and O–H groups in total. The molecule has 1 unspecified atom stereocenters. The number of likely N-dealkylation sites (tertiary alicyclic amines) is 1. The van der Waals surface area contributed by atoms with E-state index < -0.39 is 0 Å². The summed E-state index contributed by atoms with van der Waals surface area (Å²) in [6.45, 7) is 5.43. The fourth-order valence-corrected chi connectivity index (χ4v) is 4.80. The predicted octanol–water partition coefficient (Wildman–Crippen LogP) is 2.05. The fourth-order valence-electron chi connectivity index (χ4n) is 4.80. The summed E-state index contributed by atoms with van der Waals surface area (Å²) < 4.78 is 3.52. The Labute approximate surface area is 175 Å². The number of aryl methyl sites for hydroxylation is 3. The van der Waals surface area contributed by atoms with E-state index in [1.54, 1.807) is 16.9 Å². The third kappa shape index (κ3) is 3.84. The van der Waals surface area contributed by atoms with Gasteiger partial charge in [-0.05, 0) is 51.1 Å². The standard InChI is InChI=1S/C22H29N7O/c1-16-13-21(29-20(25-16)8-9-24-29)23-15-18-6-2-3-10-27(18)11-12-28-22(30)14-17-5-4-7-19(17)26-28/h8-9,13-14,18,23H,2-7,10-12,15H2,1H3. The van der Waals surface area contributed by atoms with Gasteiger partial charge in [-0.1, -0.05) is 6.42 Å². The Bertz CT molecular complexity index is 1100. The second-order valence-electron chi connectivity index (χ2n) is 8.48. The zero-order valence-corrected chi connectivity index (χ0v) is 17.5. The number of piperidine rings is 1. The molecule has 3 aromatic heterocycles. The van der Waals surface area contributed by atoms with Crippen molar-refractivity contribution in [2.24, 2.45) is 0 Å². The van der Waals surface area contributed by atoms with E-state index in [1.807, 2.05) is 23.6 Å². The van der Waals surface area contributed by atoms with Crippen LogP contribution in [-0.4, -0.2) is 55.0 Å². The van der Waals surface area contributed by atoms with Crippen LogP contribution in [0.25, 0.3) is 5.65 Å². The molecular formula is C22H29N7O. The van der Waals surface area contributed by atoms with Crippen molar-refractivity contribution in [1.82, 2.24) is 29.3 Å². The maximum atomic E-state index is 12.4. The van der Waals surface area contributed by atoms with E-state index in [0.717, 1.165) is 73.7 Å². The number of hydrogen-bond donors (Lipinski definition) is 1. The first kappa shape index (κ1) is 19.2. The van der Waals surface area contributed by atoms with Gasteiger partial charge in [0.05, 0.1) is 18.4 Å². The highest BCUT2D eigenvalue weighted by molar-refractivity contribution is 5.48. The van der Waals surface area contributed by atoms with Gasteiger partial charge in [-0.25, -0.2) is 9.67 Å². The Kier molecular flexibility index (Phi) is 5.25. The molecule has 0 amide bonds. The lowest BCUT2D eigenvalue weighted by atomic mass is 10.0. The second-order valence-corrected chi connectivity index (χ2v) is 8.48. The molecule has 158 valence electrons. The van der Waals surface area contributed by atoms with Crippen LogP contribution >= 0.6 is 0 Å². The van der Waals surface area contributed by atoms with Gasteiger partial charge in [-0.2, -0.15) is 14.7 Å². The monoisotopic (exact) mass is 407 g/mol. The quantitative estimate of drug-likeness (QED) is 0.674. The van der Waals surface area contributed by atoms with Gasteiger partial charge in [0.15, 0.2) is 5.65 Å². The Morgan fingerprint density at radius 3 is 3.03 bits per heavy atom.